The van der Waals surface area contributed by atoms with E-state index in [1.165, 1.54) is 5.56 Å². The van der Waals surface area contributed by atoms with Crippen molar-refractivity contribution in [2.24, 2.45) is 0 Å². The van der Waals surface area contributed by atoms with Gasteiger partial charge in [-0.1, -0.05) is 32.9 Å². The monoisotopic (exact) mass is 291 g/mol. The molecule has 0 bridgehead atoms. The average Bonchev–Trinajstić information content (AvgIpc) is 2.43. The molecule has 0 aliphatic carbocycles. The fourth-order valence-corrected chi connectivity index (χ4v) is 2.02. The number of carbonyl (C=O) groups excluding carboxylic acids is 1. The lowest BCUT2D eigenvalue weighted by Crippen LogP contribution is -2.30. The summed E-state index contributed by atoms with van der Waals surface area (Å²) in [6.45, 7) is 11.2. The first-order chi connectivity index (χ1) is 9.85. The molecule has 118 valence electrons. The molecule has 0 fully saturated rings. The highest BCUT2D eigenvalue weighted by Gasteiger charge is 2.17. The third-order valence-corrected chi connectivity index (χ3v) is 3.79. The van der Waals surface area contributed by atoms with Gasteiger partial charge in [0.25, 0.3) is 0 Å². The van der Waals surface area contributed by atoms with Crippen molar-refractivity contribution in [1.82, 2.24) is 5.32 Å². The first-order valence-corrected chi connectivity index (χ1v) is 7.88. The SMILES string of the molecule is CCC(C)(C)c1ccc(OCCCC(=O)NC(C)C)cc1. The van der Waals surface area contributed by atoms with Crippen molar-refractivity contribution in [2.45, 2.75) is 65.3 Å². The van der Waals surface area contributed by atoms with Crippen LogP contribution in [0, 0.1) is 0 Å². The summed E-state index contributed by atoms with van der Waals surface area (Å²) in [6, 6.07) is 8.49. The summed E-state index contributed by atoms with van der Waals surface area (Å²) in [5.74, 6) is 0.962. The summed E-state index contributed by atoms with van der Waals surface area (Å²) in [6.07, 6.45) is 2.36. The van der Waals surface area contributed by atoms with Crippen molar-refractivity contribution in [3.8, 4) is 5.75 Å². The van der Waals surface area contributed by atoms with Gasteiger partial charge in [0.2, 0.25) is 5.91 Å². The van der Waals surface area contributed by atoms with Crippen LogP contribution in [0.15, 0.2) is 24.3 Å². The van der Waals surface area contributed by atoms with Crippen molar-refractivity contribution < 1.29 is 9.53 Å². The maximum atomic E-state index is 11.5. The minimum atomic E-state index is 0.0913. The Balaban J connectivity index is 2.35. The maximum absolute atomic E-state index is 11.5. The van der Waals surface area contributed by atoms with Gasteiger partial charge >= 0.3 is 0 Å². The van der Waals surface area contributed by atoms with Gasteiger partial charge in [0, 0.05) is 12.5 Å². The Morgan fingerprint density at radius 2 is 1.86 bits per heavy atom. The number of amides is 1. The lowest BCUT2D eigenvalue weighted by atomic mass is 9.82. The van der Waals surface area contributed by atoms with Crippen molar-refractivity contribution in [1.29, 1.82) is 0 Å². The van der Waals surface area contributed by atoms with Gasteiger partial charge < -0.3 is 10.1 Å². The van der Waals surface area contributed by atoms with Crippen LogP contribution >= 0.6 is 0 Å². The number of rotatable bonds is 8. The van der Waals surface area contributed by atoms with Crippen molar-refractivity contribution in [2.75, 3.05) is 6.61 Å². The first-order valence-electron chi connectivity index (χ1n) is 7.88. The molecule has 0 saturated carbocycles. The van der Waals surface area contributed by atoms with E-state index in [-0.39, 0.29) is 17.4 Å². The molecule has 1 aromatic carbocycles. The van der Waals surface area contributed by atoms with E-state index in [1.54, 1.807) is 0 Å². The highest BCUT2D eigenvalue weighted by Crippen LogP contribution is 2.28. The molecule has 0 saturated heterocycles. The van der Waals surface area contributed by atoms with E-state index in [1.807, 2.05) is 26.0 Å². The van der Waals surface area contributed by atoms with Crippen LogP contribution in [0.4, 0.5) is 0 Å². The summed E-state index contributed by atoms with van der Waals surface area (Å²) in [5, 5.41) is 2.88. The van der Waals surface area contributed by atoms with Crippen LogP contribution in [0.5, 0.6) is 5.75 Å². The van der Waals surface area contributed by atoms with Gasteiger partial charge in [-0.25, -0.2) is 0 Å². The second-order valence-electron chi connectivity index (χ2n) is 6.44. The van der Waals surface area contributed by atoms with Gasteiger partial charge in [0.15, 0.2) is 0 Å². The average molecular weight is 291 g/mol. The second kappa shape index (κ2) is 8.06. The molecule has 0 atom stereocenters. The molecule has 0 unspecified atom stereocenters. The normalized spacial score (nSPS) is 11.5. The molecule has 0 radical (unpaired) electrons. The number of hydrogen-bond donors (Lipinski definition) is 1. The Morgan fingerprint density at radius 1 is 1.24 bits per heavy atom. The van der Waals surface area contributed by atoms with Crippen molar-refractivity contribution >= 4 is 5.91 Å². The highest BCUT2D eigenvalue weighted by molar-refractivity contribution is 5.76. The zero-order valence-corrected chi connectivity index (χ0v) is 14.0. The zero-order chi connectivity index (χ0) is 15.9. The van der Waals surface area contributed by atoms with E-state index in [0.29, 0.717) is 13.0 Å². The van der Waals surface area contributed by atoms with Crippen LogP contribution in [0.25, 0.3) is 0 Å². The second-order valence-corrected chi connectivity index (χ2v) is 6.44. The molecular weight excluding hydrogens is 262 g/mol. The van der Waals surface area contributed by atoms with Crippen LogP contribution in [0.3, 0.4) is 0 Å². The standard InChI is InChI=1S/C18H29NO2/c1-6-18(4,5)15-9-11-16(12-10-15)21-13-7-8-17(20)19-14(2)3/h9-12,14H,6-8,13H2,1-5H3,(H,19,20). The van der Waals surface area contributed by atoms with Crippen molar-refractivity contribution in [3.05, 3.63) is 29.8 Å². The van der Waals surface area contributed by atoms with E-state index < -0.39 is 0 Å². The molecule has 1 aromatic rings. The number of hydrogen-bond acceptors (Lipinski definition) is 2. The Morgan fingerprint density at radius 3 is 2.38 bits per heavy atom. The minimum absolute atomic E-state index is 0.0913. The topological polar surface area (TPSA) is 38.3 Å². The van der Waals surface area contributed by atoms with Crippen molar-refractivity contribution in [3.63, 3.8) is 0 Å². The van der Waals surface area contributed by atoms with Gasteiger partial charge in [-0.15, -0.1) is 0 Å². The molecule has 21 heavy (non-hydrogen) atoms. The number of ether oxygens (including phenoxy) is 1. The Bertz CT molecular complexity index is 435. The van der Waals surface area contributed by atoms with E-state index in [0.717, 1.165) is 18.6 Å². The summed E-state index contributed by atoms with van der Waals surface area (Å²) in [4.78, 5) is 11.5. The van der Waals surface area contributed by atoms with Gasteiger partial charge in [-0.3, -0.25) is 4.79 Å². The van der Waals surface area contributed by atoms with Crippen LogP contribution in [-0.4, -0.2) is 18.6 Å². The summed E-state index contributed by atoms with van der Waals surface area (Å²) >= 11 is 0. The third-order valence-electron chi connectivity index (χ3n) is 3.79. The van der Waals surface area contributed by atoms with E-state index in [9.17, 15) is 4.79 Å². The molecule has 1 amide bonds. The lowest BCUT2D eigenvalue weighted by Gasteiger charge is -2.23. The molecule has 0 aliphatic heterocycles. The summed E-state index contributed by atoms with van der Waals surface area (Å²) in [5.41, 5.74) is 1.53. The van der Waals surface area contributed by atoms with E-state index in [4.69, 9.17) is 4.74 Å². The molecule has 1 rings (SSSR count). The van der Waals surface area contributed by atoms with Crippen LogP contribution in [-0.2, 0) is 10.2 Å². The number of benzene rings is 1. The predicted octanol–water partition coefficient (Wildman–Crippen LogP) is 4.06. The maximum Gasteiger partial charge on any atom is 0.220 e. The Kier molecular flexibility index (Phi) is 6.73. The molecule has 0 aliphatic rings. The van der Waals surface area contributed by atoms with Crippen LogP contribution in [0.2, 0.25) is 0 Å². The summed E-state index contributed by atoms with van der Waals surface area (Å²) < 4.78 is 5.68. The van der Waals surface area contributed by atoms with Gasteiger partial charge in [0.1, 0.15) is 5.75 Å². The third kappa shape index (κ3) is 6.19. The largest absolute Gasteiger partial charge is 0.494 e. The fourth-order valence-electron chi connectivity index (χ4n) is 2.02. The quantitative estimate of drug-likeness (QED) is 0.734. The lowest BCUT2D eigenvalue weighted by molar-refractivity contribution is -0.121. The fraction of sp³-hybridized carbons (Fsp3) is 0.611. The Hall–Kier alpha value is -1.51. The molecule has 0 heterocycles. The molecule has 0 aromatic heterocycles. The molecule has 3 heteroatoms. The predicted molar refractivity (Wildman–Crippen MR) is 87.8 cm³/mol. The van der Waals surface area contributed by atoms with Gasteiger partial charge in [-0.2, -0.15) is 0 Å². The zero-order valence-electron chi connectivity index (χ0n) is 14.0. The van der Waals surface area contributed by atoms with E-state index in [2.05, 4.69) is 38.2 Å². The van der Waals surface area contributed by atoms with Gasteiger partial charge in [-0.05, 0) is 49.8 Å². The summed E-state index contributed by atoms with van der Waals surface area (Å²) in [7, 11) is 0. The number of nitrogens with one attached hydrogen (secondary N) is 1. The minimum Gasteiger partial charge on any atom is -0.494 e. The Labute approximate surface area is 129 Å². The van der Waals surface area contributed by atoms with E-state index >= 15 is 0 Å². The highest BCUT2D eigenvalue weighted by atomic mass is 16.5. The van der Waals surface area contributed by atoms with Crippen LogP contribution in [0.1, 0.15) is 59.4 Å². The van der Waals surface area contributed by atoms with Crippen LogP contribution < -0.4 is 10.1 Å². The smallest absolute Gasteiger partial charge is 0.220 e. The first kappa shape index (κ1) is 17.5. The molecule has 0 spiro atoms. The molecule has 1 N–H and O–H groups in total. The number of carbonyl (C=O) groups is 1. The van der Waals surface area contributed by atoms with Gasteiger partial charge in [0.05, 0.1) is 6.61 Å². The molecule has 3 nitrogen and oxygen atoms in total. The molecular formula is C18H29NO2.